The summed E-state index contributed by atoms with van der Waals surface area (Å²) in [6.45, 7) is 5.53. The van der Waals surface area contributed by atoms with E-state index >= 15 is 0 Å². The monoisotopic (exact) mass is 498 g/mol. The van der Waals surface area contributed by atoms with Gasteiger partial charge in [0.05, 0.1) is 23.2 Å². The third-order valence-corrected chi connectivity index (χ3v) is 7.14. The topological polar surface area (TPSA) is 83.4 Å². The molecule has 0 fully saturated rings. The Balaban J connectivity index is 1.66. The molecule has 2 aromatic carbocycles. The number of amides is 2. The minimum atomic E-state index is -1.03. The summed E-state index contributed by atoms with van der Waals surface area (Å²) in [6, 6.07) is 14.7. The van der Waals surface area contributed by atoms with Crippen molar-refractivity contribution in [3.05, 3.63) is 59.4 Å². The van der Waals surface area contributed by atoms with E-state index in [1.165, 1.54) is 11.8 Å². The summed E-state index contributed by atoms with van der Waals surface area (Å²) in [5.41, 5.74) is 1.13. The lowest BCUT2D eigenvalue weighted by atomic mass is 9.96. The number of anilines is 2. The summed E-state index contributed by atoms with van der Waals surface area (Å²) in [7, 11) is 3.95. The van der Waals surface area contributed by atoms with Crippen molar-refractivity contribution < 1.29 is 9.59 Å². The predicted octanol–water partition coefficient (Wildman–Crippen LogP) is 4.40. The van der Waals surface area contributed by atoms with Crippen LogP contribution in [0.25, 0.3) is 5.69 Å². The molecule has 178 valence electrons. The van der Waals surface area contributed by atoms with Crippen molar-refractivity contribution in [1.82, 2.24) is 19.7 Å². The van der Waals surface area contributed by atoms with Gasteiger partial charge in [0, 0.05) is 10.7 Å². The SMILES string of the molecule is C[C@H](c1nnc(SCC(=O)N2c3ccccc3NC(=O)C2(C)C)n1-c1ccc(Cl)cc1)N(C)C. The van der Waals surface area contributed by atoms with E-state index in [0.29, 0.717) is 21.6 Å². The largest absolute Gasteiger partial charge is 0.322 e. The van der Waals surface area contributed by atoms with Crippen LogP contribution in [0, 0.1) is 0 Å². The first kappa shape index (κ1) is 24.3. The molecule has 34 heavy (non-hydrogen) atoms. The molecule has 2 heterocycles. The molecule has 1 N–H and O–H groups in total. The van der Waals surface area contributed by atoms with Crippen molar-refractivity contribution in [2.75, 3.05) is 30.1 Å². The van der Waals surface area contributed by atoms with Gasteiger partial charge >= 0.3 is 0 Å². The van der Waals surface area contributed by atoms with Crippen molar-refractivity contribution in [2.24, 2.45) is 0 Å². The second-order valence-corrected chi connectivity index (χ2v) is 10.2. The quantitative estimate of drug-likeness (QED) is 0.507. The third-order valence-electron chi connectivity index (χ3n) is 5.97. The molecule has 3 aromatic rings. The number of carbonyl (C=O) groups is 2. The zero-order valence-electron chi connectivity index (χ0n) is 19.7. The van der Waals surface area contributed by atoms with Crippen LogP contribution in [0.15, 0.2) is 53.7 Å². The Hall–Kier alpha value is -2.88. The molecule has 0 aliphatic carbocycles. The standard InChI is InChI=1S/C24H27ClN6O2S/c1-15(29(4)5)21-27-28-23(30(21)17-12-10-16(25)11-13-17)34-14-20(32)31-19-9-7-6-8-18(19)26-22(33)24(31,2)3/h6-13,15H,14H2,1-5H3,(H,26,33)/t15-/m1/s1. The molecule has 1 aliphatic heterocycles. The number of rotatable bonds is 6. The van der Waals surface area contributed by atoms with Crippen LogP contribution in [-0.4, -0.2) is 56.9 Å². The Morgan fingerprint density at radius 2 is 1.82 bits per heavy atom. The van der Waals surface area contributed by atoms with Gasteiger partial charge in [0.15, 0.2) is 11.0 Å². The molecule has 8 nitrogen and oxygen atoms in total. The fourth-order valence-corrected chi connectivity index (χ4v) is 4.73. The van der Waals surface area contributed by atoms with Crippen molar-refractivity contribution >= 4 is 46.6 Å². The van der Waals surface area contributed by atoms with Crippen LogP contribution in [0.4, 0.5) is 11.4 Å². The van der Waals surface area contributed by atoms with Crippen LogP contribution >= 0.6 is 23.4 Å². The molecule has 0 saturated carbocycles. The number of halogens is 1. The van der Waals surface area contributed by atoms with Crippen LogP contribution in [0.3, 0.4) is 0 Å². The molecule has 4 rings (SSSR count). The molecule has 10 heteroatoms. The van der Waals surface area contributed by atoms with Crippen molar-refractivity contribution in [2.45, 2.75) is 37.5 Å². The molecule has 1 atom stereocenters. The molecule has 0 bridgehead atoms. The maximum Gasteiger partial charge on any atom is 0.250 e. The first-order valence-electron chi connectivity index (χ1n) is 10.8. The van der Waals surface area contributed by atoms with E-state index in [1.807, 2.05) is 73.0 Å². The highest BCUT2D eigenvalue weighted by molar-refractivity contribution is 7.99. The smallest absolute Gasteiger partial charge is 0.250 e. The predicted molar refractivity (Wildman–Crippen MR) is 136 cm³/mol. The lowest BCUT2D eigenvalue weighted by Crippen LogP contribution is -2.59. The first-order chi connectivity index (χ1) is 16.1. The Kier molecular flexibility index (Phi) is 6.71. The summed E-state index contributed by atoms with van der Waals surface area (Å²) in [5, 5.41) is 12.9. The number of para-hydroxylation sites is 2. The molecule has 0 radical (unpaired) electrons. The second-order valence-electron chi connectivity index (χ2n) is 8.84. The Bertz CT molecular complexity index is 1220. The Morgan fingerprint density at radius 3 is 2.50 bits per heavy atom. The van der Waals surface area contributed by atoms with E-state index < -0.39 is 5.54 Å². The van der Waals surface area contributed by atoms with Gasteiger partial charge in [0.25, 0.3) is 0 Å². The van der Waals surface area contributed by atoms with Gasteiger partial charge in [0.2, 0.25) is 11.8 Å². The van der Waals surface area contributed by atoms with Crippen molar-refractivity contribution in [3.63, 3.8) is 0 Å². The van der Waals surface area contributed by atoms with Gasteiger partial charge in [-0.1, -0.05) is 35.5 Å². The summed E-state index contributed by atoms with van der Waals surface area (Å²) in [5.74, 6) is 0.430. The average Bonchev–Trinajstić information content (AvgIpc) is 3.22. The highest BCUT2D eigenvalue weighted by Gasteiger charge is 2.43. The first-order valence-corrected chi connectivity index (χ1v) is 12.2. The summed E-state index contributed by atoms with van der Waals surface area (Å²) in [6.07, 6.45) is 0. The van der Waals surface area contributed by atoms with Gasteiger partial charge in [0.1, 0.15) is 5.54 Å². The van der Waals surface area contributed by atoms with Gasteiger partial charge < -0.3 is 5.32 Å². The Morgan fingerprint density at radius 1 is 1.15 bits per heavy atom. The fourth-order valence-electron chi connectivity index (χ4n) is 3.80. The summed E-state index contributed by atoms with van der Waals surface area (Å²) < 4.78 is 1.95. The van der Waals surface area contributed by atoms with Crippen LogP contribution in [0.5, 0.6) is 0 Å². The minimum Gasteiger partial charge on any atom is -0.322 e. The van der Waals surface area contributed by atoms with E-state index in [-0.39, 0.29) is 23.6 Å². The molecule has 0 unspecified atom stereocenters. The van der Waals surface area contributed by atoms with Crippen LogP contribution in [-0.2, 0) is 9.59 Å². The zero-order chi connectivity index (χ0) is 24.6. The second kappa shape index (κ2) is 9.40. The lowest BCUT2D eigenvalue weighted by molar-refractivity contribution is -0.125. The number of hydrogen-bond acceptors (Lipinski definition) is 6. The van der Waals surface area contributed by atoms with Gasteiger partial charge in [-0.3, -0.25) is 24.0 Å². The fraction of sp³-hybridized carbons (Fsp3) is 0.333. The third kappa shape index (κ3) is 4.43. The number of aromatic nitrogens is 3. The van der Waals surface area contributed by atoms with E-state index in [4.69, 9.17) is 11.6 Å². The number of nitrogens with zero attached hydrogens (tertiary/aromatic N) is 5. The molecule has 2 amide bonds. The van der Waals surface area contributed by atoms with Gasteiger partial charge in [-0.05, 0) is 71.3 Å². The highest BCUT2D eigenvalue weighted by atomic mass is 35.5. The van der Waals surface area contributed by atoms with Crippen LogP contribution < -0.4 is 10.2 Å². The average molecular weight is 499 g/mol. The number of carbonyl (C=O) groups excluding carboxylic acids is 2. The van der Waals surface area contributed by atoms with Crippen molar-refractivity contribution in [3.8, 4) is 5.69 Å². The number of hydrogen-bond donors (Lipinski definition) is 1. The van der Waals surface area contributed by atoms with Gasteiger partial charge in [-0.2, -0.15) is 0 Å². The molecular weight excluding hydrogens is 472 g/mol. The summed E-state index contributed by atoms with van der Waals surface area (Å²) in [4.78, 5) is 29.8. The number of thioether (sulfide) groups is 1. The van der Waals surface area contributed by atoms with E-state index in [1.54, 1.807) is 24.8 Å². The number of benzene rings is 2. The minimum absolute atomic E-state index is 0.00942. The maximum atomic E-state index is 13.5. The Labute approximate surface area is 208 Å². The number of nitrogens with one attached hydrogen (secondary N) is 1. The summed E-state index contributed by atoms with van der Waals surface area (Å²) >= 11 is 7.39. The molecule has 1 aliphatic rings. The molecule has 0 spiro atoms. The lowest BCUT2D eigenvalue weighted by Gasteiger charge is -2.42. The molecule has 1 aromatic heterocycles. The van der Waals surface area contributed by atoms with Crippen LogP contribution in [0.1, 0.15) is 32.6 Å². The van der Waals surface area contributed by atoms with Gasteiger partial charge in [-0.25, -0.2) is 0 Å². The normalized spacial score (nSPS) is 15.7. The maximum absolute atomic E-state index is 13.5. The molecular formula is C24H27ClN6O2S. The van der Waals surface area contributed by atoms with E-state index in [9.17, 15) is 9.59 Å². The van der Waals surface area contributed by atoms with Crippen LogP contribution in [0.2, 0.25) is 5.02 Å². The van der Waals surface area contributed by atoms with E-state index in [2.05, 4.69) is 15.5 Å². The van der Waals surface area contributed by atoms with Crippen molar-refractivity contribution in [1.29, 1.82) is 0 Å². The zero-order valence-corrected chi connectivity index (χ0v) is 21.3. The number of fused-ring (bicyclic) bond motifs is 1. The molecule has 0 saturated heterocycles. The van der Waals surface area contributed by atoms with Gasteiger partial charge in [-0.15, -0.1) is 10.2 Å². The highest BCUT2D eigenvalue weighted by Crippen LogP contribution is 2.37. The van der Waals surface area contributed by atoms with E-state index in [0.717, 1.165) is 11.5 Å².